The molecule has 0 heterocycles. The Hall–Kier alpha value is -0.900. The number of aliphatic hydroxyl groups excluding tert-OH is 1. The van der Waals surface area contributed by atoms with Gasteiger partial charge in [0.1, 0.15) is 6.10 Å². The van der Waals surface area contributed by atoms with Crippen molar-refractivity contribution in [2.45, 2.75) is 90.4 Å². The van der Waals surface area contributed by atoms with Crippen LogP contribution in [-0.2, 0) is 15.3 Å². The molecule has 0 fully saturated rings. The highest BCUT2D eigenvalue weighted by Gasteiger charge is 2.41. The lowest BCUT2D eigenvalue weighted by Gasteiger charge is -2.38. The van der Waals surface area contributed by atoms with Gasteiger partial charge >= 0.3 is 0 Å². The van der Waals surface area contributed by atoms with Gasteiger partial charge in [0.15, 0.2) is 0 Å². The van der Waals surface area contributed by atoms with Crippen LogP contribution in [0.1, 0.15) is 84.1 Å². The molecular formula is C22H38O3. The minimum absolute atomic E-state index is 0.576. The van der Waals surface area contributed by atoms with Crippen LogP contribution < -0.4 is 0 Å². The molecule has 0 aliphatic rings. The lowest BCUT2D eigenvalue weighted by Crippen LogP contribution is -2.45. The molecule has 0 aliphatic carbocycles. The van der Waals surface area contributed by atoms with Crippen LogP contribution in [0.3, 0.4) is 0 Å². The summed E-state index contributed by atoms with van der Waals surface area (Å²) in [6, 6.07) is 9.93. The number of rotatable bonds is 15. The van der Waals surface area contributed by atoms with E-state index in [1.165, 1.54) is 25.7 Å². The molecule has 0 spiro atoms. The Kier molecular flexibility index (Phi) is 11.8. The molecule has 0 aliphatic heterocycles. The molecule has 144 valence electrons. The van der Waals surface area contributed by atoms with Crippen molar-refractivity contribution in [2.24, 2.45) is 0 Å². The Bertz CT molecular complexity index is 411. The Labute approximate surface area is 154 Å². The second-order valence-corrected chi connectivity index (χ2v) is 6.80. The van der Waals surface area contributed by atoms with E-state index in [1.807, 2.05) is 30.3 Å². The van der Waals surface area contributed by atoms with Crippen molar-refractivity contribution in [3.05, 3.63) is 35.9 Å². The maximum atomic E-state index is 11.0. The van der Waals surface area contributed by atoms with E-state index < -0.39 is 11.9 Å². The highest BCUT2D eigenvalue weighted by Crippen LogP contribution is 2.34. The minimum Gasteiger partial charge on any atom is -0.387 e. The van der Waals surface area contributed by atoms with Gasteiger partial charge in [-0.05, 0) is 19.3 Å². The van der Waals surface area contributed by atoms with Gasteiger partial charge in [-0.1, -0.05) is 89.6 Å². The van der Waals surface area contributed by atoms with E-state index >= 15 is 0 Å². The third-order valence-electron chi connectivity index (χ3n) is 4.49. The summed E-state index contributed by atoms with van der Waals surface area (Å²) in [5.41, 5.74) is 0.912. The predicted molar refractivity (Wildman–Crippen MR) is 105 cm³/mol. The van der Waals surface area contributed by atoms with E-state index in [0.29, 0.717) is 19.6 Å². The van der Waals surface area contributed by atoms with Crippen LogP contribution in [0.15, 0.2) is 30.3 Å². The van der Waals surface area contributed by atoms with Crippen molar-refractivity contribution in [3.8, 4) is 0 Å². The molecule has 3 nitrogen and oxygen atoms in total. The number of ether oxygens (including phenoxy) is 2. The molecule has 1 aromatic carbocycles. The van der Waals surface area contributed by atoms with E-state index in [-0.39, 0.29) is 0 Å². The lowest BCUT2D eigenvalue weighted by atomic mass is 9.95. The molecule has 1 aromatic rings. The van der Waals surface area contributed by atoms with Crippen LogP contribution in [-0.4, -0.2) is 24.4 Å². The van der Waals surface area contributed by atoms with Gasteiger partial charge in [0, 0.05) is 5.56 Å². The summed E-state index contributed by atoms with van der Waals surface area (Å²) in [7, 11) is 0. The zero-order valence-corrected chi connectivity index (χ0v) is 16.5. The molecule has 0 radical (unpaired) electrons. The molecule has 0 saturated carbocycles. The molecule has 0 aromatic heterocycles. The quantitative estimate of drug-likeness (QED) is 0.321. The highest BCUT2D eigenvalue weighted by molar-refractivity contribution is 5.22. The van der Waals surface area contributed by atoms with Crippen molar-refractivity contribution in [3.63, 3.8) is 0 Å². The first-order valence-corrected chi connectivity index (χ1v) is 10.2. The van der Waals surface area contributed by atoms with Crippen molar-refractivity contribution in [1.29, 1.82) is 0 Å². The van der Waals surface area contributed by atoms with Crippen LogP contribution in [0.2, 0.25) is 0 Å². The van der Waals surface area contributed by atoms with Gasteiger partial charge in [-0.15, -0.1) is 0 Å². The Morgan fingerprint density at radius 1 is 0.800 bits per heavy atom. The standard InChI is InChI=1S/C22H38O3/c1-4-7-8-9-10-14-17-21(23)22(24-18-5-2,25-19-6-3)20-15-12-11-13-16-20/h11-13,15-16,21,23H,4-10,14,17-19H2,1-3H3. The fraction of sp³-hybridized carbons (Fsp3) is 0.727. The van der Waals surface area contributed by atoms with Crippen LogP contribution in [0, 0.1) is 0 Å². The molecular weight excluding hydrogens is 312 g/mol. The van der Waals surface area contributed by atoms with Gasteiger partial charge in [0.25, 0.3) is 0 Å². The van der Waals surface area contributed by atoms with E-state index in [2.05, 4.69) is 20.8 Å². The first-order chi connectivity index (χ1) is 12.2. The predicted octanol–water partition coefficient (Wildman–Crippen LogP) is 5.80. The van der Waals surface area contributed by atoms with Gasteiger partial charge in [0.05, 0.1) is 13.2 Å². The molecule has 0 bridgehead atoms. The van der Waals surface area contributed by atoms with Crippen molar-refractivity contribution >= 4 is 0 Å². The van der Waals surface area contributed by atoms with Gasteiger partial charge in [-0.25, -0.2) is 0 Å². The highest BCUT2D eigenvalue weighted by atomic mass is 16.7. The normalized spacial score (nSPS) is 13.1. The summed E-state index contributed by atoms with van der Waals surface area (Å²) in [5.74, 6) is -1.04. The smallest absolute Gasteiger partial charge is 0.221 e. The number of benzene rings is 1. The van der Waals surface area contributed by atoms with E-state index in [4.69, 9.17) is 9.47 Å². The van der Waals surface area contributed by atoms with Crippen molar-refractivity contribution in [2.75, 3.05) is 13.2 Å². The summed E-state index contributed by atoms with van der Waals surface area (Å²) < 4.78 is 12.3. The summed E-state index contributed by atoms with van der Waals surface area (Å²) in [6.45, 7) is 7.54. The van der Waals surface area contributed by atoms with Gasteiger partial charge in [-0.2, -0.15) is 0 Å². The number of unbranched alkanes of at least 4 members (excludes halogenated alkanes) is 5. The van der Waals surface area contributed by atoms with Crippen LogP contribution >= 0.6 is 0 Å². The first kappa shape index (κ1) is 22.1. The van der Waals surface area contributed by atoms with Gasteiger partial charge in [-0.3, -0.25) is 0 Å². The maximum Gasteiger partial charge on any atom is 0.221 e. The zero-order chi connectivity index (χ0) is 18.4. The number of aliphatic hydroxyl groups is 1. The molecule has 25 heavy (non-hydrogen) atoms. The third-order valence-corrected chi connectivity index (χ3v) is 4.49. The molecule has 1 unspecified atom stereocenters. The van der Waals surface area contributed by atoms with E-state index in [9.17, 15) is 5.11 Å². The molecule has 0 amide bonds. The van der Waals surface area contributed by atoms with Gasteiger partial charge in [0.2, 0.25) is 5.79 Å². The summed E-state index contributed by atoms with van der Waals surface area (Å²) in [4.78, 5) is 0. The Morgan fingerprint density at radius 2 is 1.36 bits per heavy atom. The van der Waals surface area contributed by atoms with Crippen LogP contribution in [0.5, 0.6) is 0 Å². The first-order valence-electron chi connectivity index (χ1n) is 10.2. The fourth-order valence-electron chi connectivity index (χ4n) is 3.08. The summed E-state index contributed by atoms with van der Waals surface area (Å²) >= 11 is 0. The zero-order valence-electron chi connectivity index (χ0n) is 16.5. The topological polar surface area (TPSA) is 38.7 Å². The summed E-state index contributed by atoms with van der Waals surface area (Å²) in [5, 5.41) is 11.0. The third kappa shape index (κ3) is 7.47. The minimum atomic E-state index is -1.04. The van der Waals surface area contributed by atoms with Crippen LogP contribution in [0.4, 0.5) is 0 Å². The lowest BCUT2D eigenvalue weighted by molar-refractivity contribution is -0.295. The average Bonchev–Trinajstić information content (AvgIpc) is 2.65. The Morgan fingerprint density at radius 3 is 1.92 bits per heavy atom. The van der Waals surface area contributed by atoms with E-state index in [1.54, 1.807) is 0 Å². The second-order valence-electron chi connectivity index (χ2n) is 6.80. The molecule has 1 rings (SSSR count). The Balaban J connectivity index is 2.79. The SMILES string of the molecule is CCCCCCCCC(O)C(OCCC)(OCCC)c1ccccc1. The van der Waals surface area contributed by atoms with Crippen LogP contribution in [0.25, 0.3) is 0 Å². The van der Waals surface area contributed by atoms with Crippen molar-refractivity contribution < 1.29 is 14.6 Å². The molecule has 1 N–H and O–H groups in total. The average molecular weight is 351 g/mol. The maximum absolute atomic E-state index is 11.0. The molecule has 0 saturated heterocycles. The monoisotopic (exact) mass is 350 g/mol. The molecule has 3 heteroatoms. The largest absolute Gasteiger partial charge is 0.387 e. The number of hydrogen-bond donors (Lipinski definition) is 1. The van der Waals surface area contributed by atoms with E-state index in [0.717, 1.165) is 31.2 Å². The fourth-order valence-corrected chi connectivity index (χ4v) is 3.08. The summed E-state index contributed by atoms with van der Waals surface area (Å²) in [6.07, 6.45) is 9.09. The number of hydrogen-bond acceptors (Lipinski definition) is 3. The molecule has 1 atom stereocenters. The second kappa shape index (κ2) is 13.3. The van der Waals surface area contributed by atoms with Crippen molar-refractivity contribution in [1.82, 2.24) is 0 Å². The van der Waals surface area contributed by atoms with Gasteiger partial charge < -0.3 is 14.6 Å².